The third-order valence-electron chi connectivity index (χ3n) is 4.10. The van der Waals surface area contributed by atoms with Crippen LogP contribution >= 0.6 is 15.9 Å². The Morgan fingerprint density at radius 2 is 2.00 bits per heavy atom. The van der Waals surface area contributed by atoms with Crippen molar-refractivity contribution < 1.29 is 23.8 Å². The van der Waals surface area contributed by atoms with E-state index in [1.165, 1.54) is 6.07 Å². The summed E-state index contributed by atoms with van der Waals surface area (Å²) >= 11 is 3.36. The van der Waals surface area contributed by atoms with Gasteiger partial charge in [0.05, 0.1) is 4.47 Å². The monoisotopic (exact) mass is 447 g/mol. The number of nitrogens with zero attached hydrogens (tertiary/aromatic N) is 1. The Hall–Kier alpha value is -2.67. The van der Waals surface area contributed by atoms with Gasteiger partial charge >= 0.3 is 5.97 Å². The number of aromatic nitrogens is 1. The molecule has 0 bridgehead atoms. The number of carbonyl (C=O) groups is 1. The first-order valence-corrected chi connectivity index (χ1v) is 9.58. The zero-order valence-electron chi connectivity index (χ0n) is 15.5. The van der Waals surface area contributed by atoms with Crippen molar-refractivity contribution in [2.45, 2.75) is 26.7 Å². The minimum atomic E-state index is -1.06. The largest absolute Gasteiger partial charge is 0.482 e. The van der Waals surface area contributed by atoms with Crippen LogP contribution in [0.1, 0.15) is 24.6 Å². The number of aliphatic carboxylic acids is 1. The molecule has 0 saturated heterocycles. The van der Waals surface area contributed by atoms with Crippen molar-refractivity contribution >= 4 is 32.8 Å². The Labute approximate surface area is 170 Å². The molecular weight excluding hydrogens is 429 g/mol. The maximum absolute atomic E-state index is 14.7. The van der Waals surface area contributed by atoms with Gasteiger partial charge in [0.2, 0.25) is 0 Å². The van der Waals surface area contributed by atoms with Gasteiger partial charge in [0.25, 0.3) is 0 Å². The number of fused-ring (bicyclic) bond motifs is 1. The van der Waals surface area contributed by atoms with Crippen LogP contribution in [0.4, 0.5) is 4.39 Å². The van der Waals surface area contributed by atoms with E-state index >= 15 is 0 Å². The van der Waals surface area contributed by atoms with E-state index in [9.17, 15) is 9.18 Å². The minimum absolute atomic E-state index is 0.340. The highest BCUT2D eigenvalue weighted by Gasteiger charge is 2.12. The summed E-state index contributed by atoms with van der Waals surface area (Å²) in [5, 5.41) is 9.37. The maximum Gasteiger partial charge on any atom is 0.341 e. The topological polar surface area (TPSA) is 68.7 Å². The van der Waals surface area contributed by atoms with Gasteiger partial charge in [-0.3, -0.25) is 0 Å². The zero-order chi connectivity index (χ0) is 20.3. The van der Waals surface area contributed by atoms with E-state index in [0.29, 0.717) is 32.6 Å². The summed E-state index contributed by atoms with van der Waals surface area (Å²) in [5.41, 5.74) is 2.15. The normalized spacial score (nSPS) is 10.9. The molecule has 1 heterocycles. The lowest BCUT2D eigenvalue weighted by Gasteiger charge is -2.12. The van der Waals surface area contributed by atoms with E-state index in [0.717, 1.165) is 24.1 Å². The molecule has 3 rings (SSSR count). The van der Waals surface area contributed by atoms with Crippen LogP contribution in [-0.2, 0) is 11.2 Å². The molecule has 2 aromatic carbocycles. The molecule has 0 aliphatic rings. The predicted octanol–water partition coefficient (Wildman–Crippen LogP) is 5.65. The lowest BCUT2D eigenvalue weighted by atomic mass is 10.1. The van der Waals surface area contributed by atoms with E-state index in [1.54, 1.807) is 24.3 Å². The molecule has 0 fully saturated rings. The van der Waals surface area contributed by atoms with Crippen molar-refractivity contribution in [1.29, 1.82) is 0 Å². The highest BCUT2D eigenvalue weighted by molar-refractivity contribution is 9.10. The first kappa shape index (κ1) is 20.1. The van der Waals surface area contributed by atoms with Gasteiger partial charge in [-0.05, 0) is 65.2 Å². The lowest BCUT2D eigenvalue weighted by molar-refractivity contribution is -0.139. The molecule has 0 amide bonds. The lowest BCUT2D eigenvalue weighted by Crippen LogP contribution is -2.09. The molecule has 5 nitrogen and oxygen atoms in total. The van der Waals surface area contributed by atoms with Gasteiger partial charge in [0.15, 0.2) is 12.4 Å². The van der Waals surface area contributed by atoms with Crippen LogP contribution in [0.2, 0.25) is 0 Å². The Bertz CT molecular complexity index is 1040. The summed E-state index contributed by atoms with van der Waals surface area (Å²) < 4.78 is 26.2. The standard InChI is InChI=1S/C21H19BrFNO4/c1-3-4-13-7-12(2)16-8-15(10-18(23)21(16)24-13)28-19-6-5-14(9-17(19)22)27-11-20(25)26/h5-10H,3-4,11H2,1-2H3,(H,25,26). The van der Waals surface area contributed by atoms with Gasteiger partial charge in [0.1, 0.15) is 22.8 Å². The quantitative estimate of drug-likeness (QED) is 0.506. The Morgan fingerprint density at radius 3 is 2.68 bits per heavy atom. The first-order valence-electron chi connectivity index (χ1n) is 8.79. The molecule has 1 aromatic heterocycles. The van der Waals surface area contributed by atoms with Gasteiger partial charge in [0, 0.05) is 17.1 Å². The van der Waals surface area contributed by atoms with Crippen LogP contribution in [0.3, 0.4) is 0 Å². The van der Waals surface area contributed by atoms with Crippen molar-refractivity contribution in [3.8, 4) is 17.2 Å². The van der Waals surface area contributed by atoms with Crippen molar-refractivity contribution in [3.05, 3.63) is 57.9 Å². The number of rotatable bonds is 7. The number of aryl methyl sites for hydroxylation is 2. The zero-order valence-corrected chi connectivity index (χ0v) is 17.0. The second kappa shape index (κ2) is 8.56. The molecule has 3 aromatic rings. The summed E-state index contributed by atoms with van der Waals surface area (Å²) in [6.07, 6.45) is 1.75. The number of ether oxygens (including phenoxy) is 2. The number of pyridine rings is 1. The maximum atomic E-state index is 14.7. The van der Waals surface area contributed by atoms with E-state index in [1.807, 2.05) is 13.0 Å². The predicted molar refractivity (Wildman–Crippen MR) is 108 cm³/mol. The summed E-state index contributed by atoms with van der Waals surface area (Å²) in [6.45, 7) is 3.55. The molecule has 0 saturated carbocycles. The second-order valence-electron chi connectivity index (χ2n) is 6.36. The molecule has 0 unspecified atom stereocenters. The van der Waals surface area contributed by atoms with Crippen molar-refractivity contribution in [3.63, 3.8) is 0 Å². The van der Waals surface area contributed by atoms with Gasteiger partial charge in [-0.1, -0.05) is 13.3 Å². The molecule has 0 radical (unpaired) electrons. The third kappa shape index (κ3) is 4.59. The Balaban J connectivity index is 1.89. The van der Waals surface area contributed by atoms with Gasteiger partial charge in [-0.2, -0.15) is 0 Å². The van der Waals surface area contributed by atoms with Gasteiger partial charge in [-0.15, -0.1) is 0 Å². The molecule has 7 heteroatoms. The van der Waals surface area contributed by atoms with Crippen molar-refractivity contribution in [1.82, 2.24) is 4.98 Å². The molecular formula is C21H19BrFNO4. The van der Waals surface area contributed by atoms with Crippen LogP contribution in [0.25, 0.3) is 10.9 Å². The van der Waals surface area contributed by atoms with E-state index in [2.05, 4.69) is 27.8 Å². The molecule has 146 valence electrons. The molecule has 0 aliphatic heterocycles. The number of carboxylic acids is 1. The van der Waals surface area contributed by atoms with Gasteiger partial charge < -0.3 is 14.6 Å². The van der Waals surface area contributed by atoms with Crippen LogP contribution in [0.15, 0.2) is 40.9 Å². The van der Waals surface area contributed by atoms with E-state index in [-0.39, 0.29) is 0 Å². The fourth-order valence-electron chi connectivity index (χ4n) is 2.86. The fourth-order valence-corrected chi connectivity index (χ4v) is 3.30. The van der Waals surface area contributed by atoms with Gasteiger partial charge in [-0.25, -0.2) is 14.2 Å². The van der Waals surface area contributed by atoms with Crippen molar-refractivity contribution in [2.75, 3.05) is 6.61 Å². The Kier molecular flexibility index (Phi) is 6.14. The second-order valence-corrected chi connectivity index (χ2v) is 7.21. The van der Waals surface area contributed by atoms with Crippen molar-refractivity contribution in [2.24, 2.45) is 0 Å². The number of benzene rings is 2. The number of hydrogen-bond acceptors (Lipinski definition) is 4. The molecule has 0 spiro atoms. The summed E-state index contributed by atoms with van der Waals surface area (Å²) in [4.78, 5) is 15.0. The number of carboxylic acid groups (broad SMARTS) is 1. The fraction of sp³-hybridized carbons (Fsp3) is 0.238. The van der Waals surface area contributed by atoms with E-state index < -0.39 is 18.4 Å². The summed E-state index contributed by atoms with van der Waals surface area (Å²) in [5.74, 6) is -0.317. The Morgan fingerprint density at radius 1 is 1.21 bits per heavy atom. The average Bonchev–Trinajstić information content (AvgIpc) is 2.63. The summed E-state index contributed by atoms with van der Waals surface area (Å²) in [6, 6.07) is 9.85. The molecule has 1 N–H and O–H groups in total. The van der Waals surface area contributed by atoms with Crippen LogP contribution in [0, 0.1) is 12.7 Å². The minimum Gasteiger partial charge on any atom is -0.482 e. The first-order chi connectivity index (χ1) is 13.4. The molecule has 0 atom stereocenters. The highest BCUT2D eigenvalue weighted by Crippen LogP contribution is 2.35. The third-order valence-corrected chi connectivity index (χ3v) is 4.72. The number of halogens is 2. The van der Waals surface area contributed by atoms with Crippen LogP contribution in [-0.4, -0.2) is 22.7 Å². The summed E-state index contributed by atoms with van der Waals surface area (Å²) in [7, 11) is 0. The SMILES string of the molecule is CCCc1cc(C)c2cc(Oc3ccc(OCC(=O)O)cc3Br)cc(F)c2n1. The van der Waals surface area contributed by atoms with Crippen LogP contribution < -0.4 is 9.47 Å². The van der Waals surface area contributed by atoms with Crippen LogP contribution in [0.5, 0.6) is 17.2 Å². The molecule has 0 aliphatic carbocycles. The molecule has 28 heavy (non-hydrogen) atoms. The van der Waals surface area contributed by atoms with E-state index in [4.69, 9.17) is 14.6 Å². The highest BCUT2D eigenvalue weighted by atomic mass is 79.9. The smallest absolute Gasteiger partial charge is 0.341 e. The average molecular weight is 448 g/mol. The number of hydrogen-bond donors (Lipinski definition) is 1.